The largest absolute Gasteiger partial charge is 0.316 e. The Balaban J connectivity index is 1.59. The second-order valence-electron chi connectivity index (χ2n) is 5.37. The van der Waals surface area contributed by atoms with Gasteiger partial charge in [0.05, 0.1) is 0 Å². The van der Waals surface area contributed by atoms with Crippen molar-refractivity contribution in [3.05, 3.63) is 12.7 Å². The zero-order valence-corrected chi connectivity index (χ0v) is 10.5. The lowest BCUT2D eigenvalue weighted by Gasteiger charge is -2.25. The van der Waals surface area contributed by atoms with Crippen LogP contribution in [-0.4, -0.2) is 37.1 Å². The highest BCUT2D eigenvalue weighted by atomic mass is 15.2. The van der Waals surface area contributed by atoms with Crippen molar-refractivity contribution in [2.45, 2.75) is 44.6 Å². The Hall–Kier alpha value is -0.340. The minimum Gasteiger partial charge on any atom is -0.316 e. The molecule has 0 aromatic heterocycles. The fraction of sp³-hybridized carbons (Fsp3) is 0.857. The molecule has 1 heterocycles. The van der Waals surface area contributed by atoms with Crippen LogP contribution in [0.1, 0.15) is 38.5 Å². The molecule has 1 aliphatic carbocycles. The van der Waals surface area contributed by atoms with Crippen LogP contribution in [0, 0.1) is 5.92 Å². The lowest BCUT2D eigenvalue weighted by atomic mass is 9.94. The van der Waals surface area contributed by atoms with Gasteiger partial charge in [-0.2, -0.15) is 0 Å². The SMILES string of the molecule is C=CCN(CCCC1CCCNC1)C1CC1. The molecular formula is C14H26N2. The molecule has 0 bridgehead atoms. The fourth-order valence-corrected chi connectivity index (χ4v) is 2.78. The molecule has 2 rings (SSSR count). The summed E-state index contributed by atoms with van der Waals surface area (Å²) in [6.07, 6.45) is 10.5. The molecule has 2 nitrogen and oxygen atoms in total. The topological polar surface area (TPSA) is 15.3 Å². The predicted molar refractivity (Wildman–Crippen MR) is 69.6 cm³/mol. The number of rotatable bonds is 7. The number of hydrogen-bond donors (Lipinski definition) is 1. The Kier molecular flexibility index (Phi) is 4.86. The van der Waals surface area contributed by atoms with E-state index in [4.69, 9.17) is 0 Å². The van der Waals surface area contributed by atoms with E-state index in [1.807, 2.05) is 0 Å². The molecule has 1 aliphatic heterocycles. The maximum atomic E-state index is 3.86. The Morgan fingerprint density at radius 3 is 2.81 bits per heavy atom. The summed E-state index contributed by atoms with van der Waals surface area (Å²) in [5.74, 6) is 0.943. The molecule has 1 atom stereocenters. The van der Waals surface area contributed by atoms with Gasteiger partial charge >= 0.3 is 0 Å². The van der Waals surface area contributed by atoms with Gasteiger partial charge in [-0.05, 0) is 64.1 Å². The average molecular weight is 222 g/mol. The van der Waals surface area contributed by atoms with Crippen molar-refractivity contribution >= 4 is 0 Å². The average Bonchev–Trinajstić information content (AvgIpc) is 3.13. The first-order valence-corrected chi connectivity index (χ1v) is 6.96. The van der Waals surface area contributed by atoms with Crippen molar-refractivity contribution in [3.63, 3.8) is 0 Å². The van der Waals surface area contributed by atoms with E-state index in [2.05, 4.69) is 22.9 Å². The molecule has 0 spiro atoms. The zero-order valence-electron chi connectivity index (χ0n) is 10.5. The third-order valence-corrected chi connectivity index (χ3v) is 3.88. The van der Waals surface area contributed by atoms with Crippen molar-refractivity contribution in [1.82, 2.24) is 10.2 Å². The van der Waals surface area contributed by atoms with Gasteiger partial charge in [-0.1, -0.05) is 6.08 Å². The normalized spacial score (nSPS) is 25.9. The van der Waals surface area contributed by atoms with Crippen molar-refractivity contribution in [2.75, 3.05) is 26.2 Å². The van der Waals surface area contributed by atoms with Gasteiger partial charge in [0.2, 0.25) is 0 Å². The quantitative estimate of drug-likeness (QED) is 0.666. The lowest BCUT2D eigenvalue weighted by molar-refractivity contribution is 0.265. The van der Waals surface area contributed by atoms with Crippen LogP contribution in [-0.2, 0) is 0 Å². The molecule has 2 fully saturated rings. The summed E-state index contributed by atoms with van der Waals surface area (Å²) in [6.45, 7) is 8.72. The Morgan fingerprint density at radius 1 is 1.31 bits per heavy atom. The molecule has 1 saturated heterocycles. The van der Waals surface area contributed by atoms with E-state index in [0.29, 0.717) is 0 Å². The van der Waals surface area contributed by atoms with Gasteiger partial charge < -0.3 is 5.32 Å². The number of nitrogens with one attached hydrogen (secondary N) is 1. The summed E-state index contributed by atoms with van der Waals surface area (Å²) in [5.41, 5.74) is 0. The second-order valence-corrected chi connectivity index (χ2v) is 5.37. The maximum Gasteiger partial charge on any atom is 0.0163 e. The monoisotopic (exact) mass is 222 g/mol. The Morgan fingerprint density at radius 2 is 2.19 bits per heavy atom. The van der Waals surface area contributed by atoms with Crippen LogP contribution in [0.5, 0.6) is 0 Å². The lowest BCUT2D eigenvalue weighted by Crippen LogP contribution is -2.31. The summed E-state index contributed by atoms with van der Waals surface area (Å²) in [4.78, 5) is 2.61. The summed E-state index contributed by atoms with van der Waals surface area (Å²) >= 11 is 0. The molecule has 0 amide bonds. The molecule has 2 aliphatic rings. The van der Waals surface area contributed by atoms with Crippen LogP contribution in [0.4, 0.5) is 0 Å². The fourth-order valence-electron chi connectivity index (χ4n) is 2.78. The smallest absolute Gasteiger partial charge is 0.0163 e. The van der Waals surface area contributed by atoms with Crippen molar-refractivity contribution in [2.24, 2.45) is 5.92 Å². The standard InChI is InChI=1S/C14H26N2/c1-2-10-16(14-7-8-14)11-4-6-13-5-3-9-15-12-13/h2,13-15H,1,3-12H2. The van der Waals surface area contributed by atoms with Gasteiger partial charge in [-0.3, -0.25) is 4.90 Å². The molecular weight excluding hydrogens is 196 g/mol. The molecule has 1 unspecified atom stereocenters. The summed E-state index contributed by atoms with van der Waals surface area (Å²) < 4.78 is 0. The van der Waals surface area contributed by atoms with Crippen molar-refractivity contribution in [1.29, 1.82) is 0 Å². The van der Waals surface area contributed by atoms with Gasteiger partial charge in [0.1, 0.15) is 0 Å². The molecule has 2 heteroatoms. The third kappa shape index (κ3) is 3.91. The molecule has 92 valence electrons. The van der Waals surface area contributed by atoms with Crippen LogP contribution in [0.3, 0.4) is 0 Å². The molecule has 16 heavy (non-hydrogen) atoms. The van der Waals surface area contributed by atoms with Gasteiger partial charge in [0.15, 0.2) is 0 Å². The Bertz CT molecular complexity index is 205. The van der Waals surface area contributed by atoms with E-state index in [-0.39, 0.29) is 0 Å². The van der Waals surface area contributed by atoms with Crippen molar-refractivity contribution in [3.8, 4) is 0 Å². The highest BCUT2D eigenvalue weighted by Gasteiger charge is 2.27. The predicted octanol–water partition coefficient (Wildman–Crippen LogP) is 2.42. The minimum atomic E-state index is 0.891. The van der Waals surface area contributed by atoms with Gasteiger partial charge in [-0.15, -0.1) is 6.58 Å². The van der Waals surface area contributed by atoms with E-state index in [9.17, 15) is 0 Å². The van der Waals surface area contributed by atoms with Gasteiger partial charge in [0.25, 0.3) is 0 Å². The molecule has 1 N–H and O–H groups in total. The number of hydrogen-bond acceptors (Lipinski definition) is 2. The van der Waals surface area contributed by atoms with Crippen LogP contribution in [0.2, 0.25) is 0 Å². The van der Waals surface area contributed by atoms with Crippen LogP contribution in [0.15, 0.2) is 12.7 Å². The summed E-state index contributed by atoms with van der Waals surface area (Å²) in [6, 6.07) is 0.891. The first-order valence-electron chi connectivity index (χ1n) is 6.96. The maximum absolute atomic E-state index is 3.86. The summed E-state index contributed by atoms with van der Waals surface area (Å²) in [7, 11) is 0. The molecule has 0 aromatic carbocycles. The van der Waals surface area contributed by atoms with Gasteiger partial charge in [-0.25, -0.2) is 0 Å². The van der Waals surface area contributed by atoms with E-state index >= 15 is 0 Å². The van der Waals surface area contributed by atoms with E-state index < -0.39 is 0 Å². The zero-order chi connectivity index (χ0) is 11.2. The van der Waals surface area contributed by atoms with Crippen LogP contribution in [0.25, 0.3) is 0 Å². The van der Waals surface area contributed by atoms with E-state index in [1.54, 1.807) is 0 Å². The minimum absolute atomic E-state index is 0.891. The van der Waals surface area contributed by atoms with Crippen molar-refractivity contribution < 1.29 is 0 Å². The van der Waals surface area contributed by atoms with Gasteiger partial charge in [0, 0.05) is 12.6 Å². The number of nitrogens with zero attached hydrogens (tertiary/aromatic N) is 1. The van der Waals surface area contributed by atoms with Crippen LogP contribution < -0.4 is 5.32 Å². The molecule has 1 saturated carbocycles. The first kappa shape index (κ1) is 12.1. The third-order valence-electron chi connectivity index (χ3n) is 3.88. The highest BCUT2D eigenvalue weighted by Crippen LogP contribution is 2.27. The first-order chi connectivity index (χ1) is 7.90. The molecule has 0 aromatic rings. The Labute approximate surface area is 100 Å². The highest BCUT2D eigenvalue weighted by molar-refractivity contribution is 4.88. The number of piperidine rings is 1. The van der Waals surface area contributed by atoms with Crippen LogP contribution >= 0.6 is 0 Å². The molecule has 0 radical (unpaired) electrons. The van der Waals surface area contributed by atoms with E-state index in [1.165, 1.54) is 58.2 Å². The second kappa shape index (κ2) is 6.41. The summed E-state index contributed by atoms with van der Waals surface area (Å²) in [5, 5.41) is 3.50. The van der Waals surface area contributed by atoms with E-state index in [0.717, 1.165) is 18.5 Å².